The number of rotatable bonds is 0. The molecule has 1 N–H and O–H groups in total. The van der Waals surface area contributed by atoms with Crippen molar-refractivity contribution < 1.29 is 9.53 Å². The van der Waals surface area contributed by atoms with Crippen LogP contribution in [0.4, 0.5) is 4.79 Å². The molecule has 0 aromatic heterocycles. The van der Waals surface area contributed by atoms with Gasteiger partial charge in [0.1, 0.15) is 5.60 Å². The third-order valence-electron chi connectivity index (χ3n) is 3.64. The second-order valence-corrected chi connectivity index (χ2v) is 6.23. The monoisotopic (exact) mass is 276 g/mol. The number of hydrogen-bond donors (Lipinski definition) is 1. The number of hydrogen-bond acceptors (Lipinski definition) is 3. The van der Waals surface area contributed by atoms with Crippen LogP contribution in [-0.4, -0.2) is 42.8 Å². The van der Waals surface area contributed by atoms with Crippen molar-refractivity contribution >= 4 is 18.5 Å². The van der Waals surface area contributed by atoms with E-state index < -0.39 is 5.60 Å². The van der Waals surface area contributed by atoms with Crippen molar-refractivity contribution in [3.63, 3.8) is 0 Å². The summed E-state index contributed by atoms with van der Waals surface area (Å²) < 4.78 is 5.42. The number of nitrogens with one attached hydrogen (secondary N) is 1. The average Bonchev–Trinajstić information content (AvgIpc) is 2.26. The summed E-state index contributed by atoms with van der Waals surface area (Å²) in [5, 5.41) is 3.41. The molecule has 18 heavy (non-hydrogen) atoms. The van der Waals surface area contributed by atoms with Gasteiger partial charge in [0, 0.05) is 13.1 Å². The maximum Gasteiger partial charge on any atom is 0.410 e. The lowest BCUT2D eigenvalue weighted by Gasteiger charge is -2.41. The maximum atomic E-state index is 12.0. The van der Waals surface area contributed by atoms with Crippen molar-refractivity contribution in [3.8, 4) is 0 Å². The first-order chi connectivity index (χ1) is 7.96. The Morgan fingerprint density at radius 1 is 1.28 bits per heavy atom. The number of carbonyl (C=O) groups excluding carboxylic acids is 1. The Morgan fingerprint density at radius 2 is 2.00 bits per heavy atom. The van der Waals surface area contributed by atoms with Crippen molar-refractivity contribution in [2.75, 3.05) is 26.2 Å². The lowest BCUT2D eigenvalue weighted by atomic mass is 9.81. The maximum absolute atomic E-state index is 12.0. The van der Waals surface area contributed by atoms with Crippen molar-refractivity contribution in [2.24, 2.45) is 11.8 Å². The van der Waals surface area contributed by atoms with E-state index in [9.17, 15) is 4.79 Å². The number of halogens is 1. The van der Waals surface area contributed by atoms with Gasteiger partial charge in [-0.25, -0.2) is 4.79 Å². The molecule has 0 bridgehead atoms. The van der Waals surface area contributed by atoms with Gasteiger partial charge < -0.3 is 15.0 Å². The van der Waals surface area contributed by atoms with Gasteiger partial charge in [-0.2, -0.15) is 0 Å². The second-order valence-electron chi connectivity index (χ2n) is 6.23. The lowest BCUT2D eigenvalue weighted by molar-refractivity contribution is 0.00738. The summed E-state index contributed by atoms with van der Waals surface area (Å²) in [6.45, 7) is 9.64. The number of ether oxygens (including phenoxy) is 1. The third-order valence-corrected chi connectivity index (χ3v) is 3.64. The molecule has 2 unspecified atom stereocenters. The fourth-order valence-corrected chi connectivity index (χ4v) is 2.76. The molecule has 0 aromatic carbocycles. The largest absolute Gasteiger partial charge is 0.444 e. The quantitative estimate of drug-likeness (QED) is 0.738. The molecule has 0 aromatic rings. The first-order valence-electron chi connectivity index (χ1n) is 6.64. The molecule has 106 valence electrons. The molecule has 2 fully saturated rings. The smallest absolute Gasteiger partial charge is 0.410 e. The molecule has 2 aliphatic rings. The summed E-state index contributed by atoms with van der Waals surface area (Å²) >= 11 is 0. The van der Waals surface area contributed by atoms with Crippen LogP contribution in [0.5, 0.6) is 0 Å². The van der Waals surface area contributed by atoms with Gasteiger partial charge in [0.2, 0.25) is 0 Å². The van der Waals surface area contributed by atoms with E-state index in [4.69, 9.17) is 4.74 Å². The van der Waals surface area contributed by atoms with Gasteiger partial charge in [-0.1, -0.05) is 0 Å². The molecule has 1 amide bonds. The number of amides is 1. The fourth-order valence-electron chi connectivity index (χ4n) is 2.76. The number of likely N-dealkylation sites (tertiary alicyclic amines) is 1. The minimum absolute atomic E-state index is 0. The third kappa shape index (κ3) is 4.02. The van der Waals surface area contributed by atoms with Gasteiger partial charge in [-0.05, 0) is 58.5 Å². The van der Waals surface area contributed by atoms with E-state index in [1.807, 2.05) is 25.7 Å². The van der Waals surface area contributed by atoms with Crippen molar-refractivity contribution in [3.05, 3.63) is 0 Å². The minimum atomic E-state index is -0.390. The van der Waals surface area contributed by atoms with Gasteiger partial charge in [0.25, 0.3) is 0 Å². The summed E-state index contributed by atoms with van der Waals surface area (Å²) in [6.07, 6.45) is 2.24. The first kappa shape index (κ1) is 15.6. The van der Waals surface area contributed by atoms with E-state index in [1.165, 1.54) is 6.42 Å². The van der Waals surface area contributed by atoms with E-state index in [1.54, 1.807) is 0 Å². The van der Waals surface area contributed by atoms with Crippen LogP contribution in [0.1, 0.15) is 33.6 Å². The van der Waals surface area contributed by atoms with E-state index in [2.05, 4.69) is 5.32 Å². The molecule has 2 saturated heterocycles. The standard InChI is InChI=1S/C13H24N2O2.ClH/c1-13(2,3)17-12(16)15-7-5-10-4-6-14-8-11(10)9-15;/h10-11,14H,4-9H2,1-3H3;1H. The van der Waals surface area contributed by atoms with Gasteiger partial charge in [-0.15, -0.1) is 12.4 Å². The van der Waals surface area contributed by atoms with E-state index in [0.29, 0.717) is 5.92 Å². The van der Waals surface area contributed by atoms with E-state index in [-0.39, 0.29) is 18.5 Å². The van der Waals surface area contributed by atoms with Crippen LogP contribution >= 0.6 is 12.4 Å². The number of carbonyl (C=O) groups is 1. The van der Waals surface area contributed by atoms with Crippen LogP contribution in [0.3, 0.4) is 0 Å². The summed E-state index contributed by atoms with van der Waals surface area (Å²) in [5.41, 5.74) is -0.390. The van der Waals surface area contributed by atoms with Crippen LogP contribution < -0.4 is 5.32 Å². The van der Waals surface area contributed by atoms with Crippen molar-refractivity contribution in [2.45, 2.75) is 39.2 Å². The molecular formula is C13H25ClN2O2. The molecule has 0 saturated carbocycles. The van der Waals surface area contributed by atoms with Crippen molar-refractivity contribution in [1.82, 2.24) is 10.2 Å². The first-order valence-corrected chi connectivity index (χ1v) is 6.64. The normalized spacial score (nSPS) is 28.1. The highest BCUT2D eigenvalue weighted by Gasteiger charge is 2.34. The SMILES string of the molecule is CC(C)(C)OC(=O)N1CCC2CCNCC2C1.Cl. The zero-order valence-electron chi connectivity index (χ0n) is 11.6. The van der Waals surface area contributed by atoms with Crippen LogP contribution in [0.2, 0.25) is 0 Å². The molecule has 4 nitrogen and oxygen atoms in total. The Bertz CT molecular complexity index is 291. The zero-order valence-corrected chi connectivity index (χ0v) is 12.4. The topological polar surface area (TPSA) is 41.6 Å². The lowest BCUT2D eigenvalue weighted by Crippen LogP contribution is -2.51. The number of fused-ring (bicyclic) bond motifs is 1. The molecular weight excluding hydrogens is 252 g/mol. The number of nitrogens with zero attached hydrogens (tertiary/aromatic N) is 1. The second kappa shape index (κ2) is 6.11. The van der Waals surface area contributed by atoms with Crippen LogP contribution in [0, 0.1) is 11.8 Å². The Balaban J connectivity index is 0.00000162. The van der Waals surface area contributed by atoms with Crippen molar-refractivity contribution in [1.29, 1.82) is 0 Å². The summed E-state index contributed by atoms with van der Waals surface area (Å²) in [5.74, 6) is 1.42. The molecule has 2 aliphatic heterocycles. The molecule has 5 heteroatoms. The Labute approximate surface area is 116 Å². The van der Waals surface area contributed by atoms with E-state index >= 15 is 0 Å². The summed E-state index contributed by atoms with van der Waals surface area (Å²) in [4.78, 5) is 13.8. The van der Waals surface area contributed by atoms with Gasteiger partial charge >= 0.3 is 6.09 Å². The highest BCUT2D eigenvalue weighted by molar-refractivity contribution is 5.85. The molecule has 0 spiro atoms. The van der Waals surface area contributed by atoms with Gasteiger partial charge in [-0.3, -0.25) is 0 Å². The average molecular weight is 277 g/mol. The summed E-state index contributed by atoms with van der Waals surface area (Å²) in [7, 11) is 0. The van der Waals surface area contributed by atoms with Gasteiger partial charge in [0.05, 0.1) is 0 Å². The van der Waals surface area contributed by atoms with Crippen LogP contribution in [0.25, 0.3) is 0 Å². The predicted molar refractivity (Wildman–Crippen MR) is 74.1 cm³/mol. The molecule has 2 atom stereocenters. The highest BCUT2D eigenvalue weighted by Crippen LogP contribution is 2.28. The fraction of sp³-hybridized carbons (Fsp3) is 0.923. The molecule has 0 aliphatic carbocycles. The predicted octanol–water partition coefficient (Wildman–Crippen LogP) is 2.27. The Morgan fingerprint density at radius 3 is 2.67 bits per heavy atom. The van der Waals surface area contributed by atoms with Gasteiger partial charge in [0.15, 0.2) is 0 Å². The molecule has 0 radical (unpaired) electrons. The Kier molecular flexibility index (Phi) is 5.29. The highest BCUT2D eigenvalue weighted by atomic mass is 35.5. The molecule has 2 heterocycles. The van der Waals surface area contributed by atoms with Crippen LogP contribution in [-0.2, 0) is 4.74 Å². The summed E-state index contributed by atoms with van der Waals surface area (Å²) in [6, 6.07) is 0. The minimum Gasteiger partial charge on any atom is -0.444 e. The Hall–Kier alpha value is -0.480. The van der Waals surface area contributed by atoms with Crippen LogP contribution in [0.15, 0.2) is 0 Å². The van der Waals surface area contributed by atoms with E-state index in [0.717, 1.165) is 38.5 Å². The molecule has 2 rings (SSSR count). The zero-order chi connectivity index (χ0) is 12.5. The number of piperidine rings is 2.